The lowest BCUT2D eigenvalue weighted by Crippen LogP contribution is -2.40. The minimum atomic E-state index is -4.49. The van der Waals surface area contributed by atoms with E-state index in [1.807, 2.05) is 12.2 Å². The van der Waals surface area contributed by atoms with Crippen molar-refractivity contribution < 1.29 is 56.2 Å². The molecule has 3 aliphatic rings. The summed E-state index contributed by atoms with van der Waals surface area (Å²) in [7, 11) is 1.37. The van der Waals surface area contributed by atoms with Gasteiger partial charge in [0.05, 0.1) is 37.6 Å². The summed E-state index contributed by atoms with van der Waals surface area (Å²) < 4.78 is 80.8. The Morgan fingerprint density at radius 2 is 1.82 bits per heavy atom. The third kappa shape index (κ3) is 11.8. The number of unbranched alkanes of at least 4 members (excludes halogenated alkanes) is 1. The zero-order chi connectivity index (χ0) is 32.1. The molecule has 0 aromatic heterocycles. The van der Waals surface area contributed by atoms with Crippen molar-refractivity contribution in [2.24, 2.45) is 5.92 Å². The van der Waals surface area contributed by atoms with Crippen LogP contribution in [0.1, 0.15) is 76.2 Å². The van der Waals surface area contributed by atoms with E-state index in [4.69, 9.17) is 28.4 Å². The molecule has 0 bridgehead atoms. The van der Waals surface area contributed by atoms with Crippen molar-refractivity contribution in [3.05, 3.63) is 42.0 Å². The smallest absolute Gasteiger partial charge is 0.416 e. The third-order valence-corrected chi connectivity index (χ3v) is 8.33. The number of ether oxygens (including phenoxy) is 7. The molecule has 2 saturated heterocycles. The zero-order valence-corrected chi connectivity index (χ0v) is 26.0. The van der Waals surface area contributed by atoms with Gasteiger partial charge in [-0.05, 0) is 76.0 Å². The molecule has 0 amide bonds. The van der Waals surface area contributed by atoms with E-state index in [0.29, 0.717) is 51.7 Å². The molecule has 4 rings (SSSR count). The van der Waals surface area contributed by atoms with Gasteiger partial charge in [-0.1, -0.05) is 18.2 Å². The van der Waals surface area contributed by atoms with Gasteiger partial charge < -0.3 is 38.3 Å². The number of alkyl halides is 3. The van der Waals surface area contributed by atoms with Crippen molar-refractivity contribution in [3.63, 3.8) is 0 Å². The van der Waals surface area contributed by atoms with E-state index in [1.165, 1.54) is 19.2 Å². The summed E-state index contributed by atoms with van der Waals surface area (Å²) in [6, 6.07) is 4.73. The number of rotatable bonds is 16. The molecule has 3 unspecified atom stereocenters. The van der Waals surface area contributed by atoms with E-state index in [9.17, 15) is 23.1 Å². The largest absolute Gasteiger partial charge is 0.491 e. The number of carbonyl (C=O) groups excluding carboxylic acids is 1. The van der Waals surface area contributed by atoms with Gasteiger partial charge in [0.15, 0.2) is 12.6 Å². The van der Waals surface area contributed by atoms with Crippen LogP contribution in [0.2, 0.25) is 0 Å². The van der Waals surface area contributed by atoms with Gasteiger partial charge in [0, 0.05) is 32.0 Å². The molecule has 0 spiro atoms. The van der Waals surface area contributed by atoms with E-state index >= 15 is 0 Å². The first-order valence-corrected chi connectivity index (χ1v) is 16.1. The number of aliphatic hydroxyl groups is 1. The van der Waals surface area contributed by atoms with Crippen LogP contribution in [-0.2, 0) is 39.4 Å². The Kier molecular flexibility index (Phi) is 14.4. The quantitative estimate of drug-likeness (QED) is 0.133. The minimum Gasteiger partial charge on any atom is -0.491 e. The Labute approximate surface area is 263 Å². The third-order valence-electron chi connectivity index (χ3n) is 8.33. The van der Waals surface area contributed by atoms with Gasteiger partial charge in [0.1, 0.15) is 18.5 Å². The summed E-state index contributed by atoms with van der Waals surface area (Å²) >= 11 is 0. The molecule has 2 heterocycles. The molecule has 3 fully saturated rings. The molecule has 1 aromatic rings. The molecule has 12 heteroatoms. The number of methoxy groups -OCH3 is 1. The van der Waals surface area contributed by atoms with Crippen molar-refractivity contribution >= 4 is 5.97 Å². The maximum absolute atomic E-state index is 13.3. The van der Waals surface area contributed by atoms with E-state index in [0.717, 1.165) is 44.2 Å². The highest BCUT2D eigenvalue weighted by molar-refractivity contribution is 5.69. The Morgan fingerprint density at radius 1 is 1.07 bits per heavy atom. The monoisotopic (exact) mass is 644 g/mol. The minimum absolute atomic E-state index is 0.0565. The van der Waals surface area contributed by atoms with Crippen LogP contribution in [-0.4, -0.2) is 81.6 Å². The Hall–Kier alpha value is -2.22. The number of allylic oxidation sites excluding steroid dienone is 2. The molecule has 7 atom stereocenters. The van der Waals surface area contributed by atoms with Crippen LogP contribution in [0.5, 0.6) is 5.75 Å². The topological polar surface area (TPSA) is 102 Å². The van der Waals surface area contributed by atoms with Crippen molar-refractivity contribution in [1.29, 1.82) is 0 Å². The predicted molar refractivity (Wildman–Crippen MR) is 157 cm³/mol. The van der Waals surface area contributed by atoms with Crippen LogP contribution >= 0.6 is 0 Å². The van der Waals surface area contributed by atoms with Crippen LogP contribution in [0.25, 0.3) is 0 Å². The Morgan fingerprint density at radius 3 is 2.51 bits per heavy atom. The summed E-state index contributed by atoms with van der Waals surface area (Å²) in [5.41, 5.74) is -0.796. The van der Waals surface area contributed by atoms with Gasteiger partial charge in [-0.25, -0.2) is 0 Å². The molecular weight excluding hydrogens is 597 g/mol. The summed E-state index contributed by atoms with van der Waals surface area (Å²) in [4.78, 5) is 11.4. The highest BCUT2D eigenvalue weighted by atomic mass is 19.4. The second-order valence-electron chi connectivity index (χ2n) is 11.8. The normalized spacial score (nSPS) is 28.3. The highest BCUT2D eigenvalue weighted by Crippen LogP contribution is 2.36. The van der Waals surface area contributed by atoms with Crippen LogP contribution in [0.15, 0.2) is 36.4 Å². The average Bonchev–Trinajstić information content (AvgIpc) is 3.33. The Balaban J connectivity index is 1.42. The predicted octanol–water partition coefficient (Wildman–Crippen LogP) is 5.96. The second-order valence-corrected chi connectivity index (χ2v) is 11.8. The second kappa shape index (κ2) is 18.2. The molecule has 254 valence electrons. The number of hydrogen-bond acceptors (Lipinski definition) is 9. The van der Waals surface area contributed by atoms with E-state index in [2.05, 4.69) is 4.74 Å². The average molecular weight is 645 g/mol. The lowest BCUT2D eigenvalue weighted by Gasteiger charge is -2.32. The van der Waals surface area contributed by atoms with Crippen LogP contribution < -0.4 is 4.74 Å². The van der Waals surface area contributed by atoms with Crippen LogP contribution in [0.3, 0.4) is 0 Å². The Bertz CT molecular complexity index is 1040. The number of halogens is 3. The first kappa shape index (κ1) is 35.6. The molecule has 1 aliphatic carbocycles. The number of aliphatic hydroxyl groups excluding tert-OH is 1. The summed E-state index contributed by atoms with van der Waals surface area (Å²) in [6.45, 7) is 1.18. The standard InChI is InChI=1S/C33H47F3O9/c1-39-29(38)14-5-3-2-4-13-26-27(37)20-28(45-31-16-7-9-18-41-31)32(26)43-22-25(44-30-15-6-8-17-40-30)21-42-24-12-10-11-23(19-24)33(34,35)36/h2,4,10-12,19,25-28,30-32,37H,3,5-9,13-18,20-22H2,1H3/t25?,26-,27-,28+,30?,31?,32+/m0/s1. The van der Waals surface area contributed by atoms with Gasteiger partial charge in [0.2, 0.25) is 0 Å². The summed E-state index contributed by atoms with van der Waals surface area (Å²) in [5, 5.41) is 11.1. The van der Waals surface area contributed by atoms with Gasteiger partial charge in [-0.3, -0.25) is 4.79 Å². The number of esters is 1. The van der Waals surface area contributed by atoms with E-state index in [1.54, 1.807) is 0 Å². The lowest BCUT2D eigenvalue weighted by molar-refractivity contribution is -0.226. The van der Waals surface area contributed by atoms with Gasteiger partial charge >= 0.3 is 12.1 Å². The van der Waals surface area contributed by atoms with Crippen molar-refractivity contribution in [2.75, 3.05) is 33.5 Å². The first-order chi connectivity index (χ1) is 21.7. The molecule has 2 aliphatic heterocycles. The lowest BCUT2D eigenvalue weighted by atomic mass is 9.98. The van der Waals surface area contributed by atoms with Gasteiger partial charge in [-0.15, -0.1) is 0 Å². The number of benzene rings is 1. The molecule has 1 N–H and O–H groups in total. The fourth-order valence-electron chi connectivity index (χ4n) is 5.88. The van der Waals surface area contributed by atoms with E-state index in [-0.39, 0.29) is 37.1 Å². The summed E-state index contributed by atoms with van der Waals surface area (Å²) in [6.07, 6.45) is 4.31. The fraction of sp³-hybridized carbons (Fsp3) is 0.727. The maximum atomic E-state index is 13.3. The van der Waals surface area contributed by atoms with Crippen LogP contribution in [0, 0.1) is 5.92 Å². The first-order valence-electron chi connectivity index (χ1n) is 16.1. The fourth-order valence-corrected chi connectivity index (χ4v) is 5.88. The van der Waals surface area contributed by atoms with E-state index < -0.39 is 42.4 Å². The van der Waals surface area contributed by atoms with Crippen molar-refractivity contribution in [1.82, 2.24) is 0 Å². The molecular formula is C33H47F3O9. The van der Waals surface area contributed by atoms with Gasteiger partial charge in [0.25, 0.3) is 0 Å². The number of hydrogen-bond donors (Lipinski definition) is 1. The van der Waals surface area contributed by atoms with Crippen molar-refractivity contribution in [2.45, 2.75) is 114 Å². The molecule has 1 saturated carbocycles. The molecule has 0 radical (unpaired) electrons. The molecule has 1 aromatic carbocycles. The van der Waals surface area contributed by atoms with Crippen molar-refractivity contribution in [3.8, 4) is 5.75 Å². The van der Waals surface area contributed by atoms with Crippen LogP contribution in [0.4, 0.5) is 13.2 Å². The number of carbonyl (C=O) groups is 1. The molecule has 45 heavy (non-hydrogen) atoms. The molecule has 9 nitrogen and oxygen atoms in total. The zero-order valence-electron chi connectivity index (χ0n) is 26.0. The summed E-state index contributed by atoms with van der Waals surface area (Å²) in [5.74, 6) is -0.447. The highest BCUT2D eigenvalue weighted by Gasteiger charge is 2.45. The van der Waals surface area contributed by atoms with Gasteiger partial charge in [-0.2, -0.15) is 13.2 Å². The SMILES string of the molecule is COC(=O)CCCC=CC[C@@H]1[C@@H](OCC(COc2cccc(C(F)(F)F)c2)OC2CCCCO2)[C@H](OC2CCCCO2)C[C@@H]1O. The maximum Gasteiger partial charge on any atom is 0.416 e.